The molecule has 2 saturated carbocycles. The van der Waals surface area contributed by atoms with Crippen molar-refractivity contribution >= 4 is 11.6 Å². The van der Waals surface area contributed by atoms with Crippen LogP contribution in [-0.2, 0) is 16.6 Å². The molecule has 0 spiro atoms. The normalized spacial score (nSPS) is 24.8. The molecule has 37 heavy (non-hydrogen) atoms. The number of ether oxygens (including phenoxy) is 1. The molecule has 5 nitrogen and oxygen atoms in total. The minimum Gasteiger partial charge on any atom is -0.497 e. The highest BCUT2D eigenvalue weighted by Gasteiger charge is 2.32. The van der Waals surface area contributed by atoms with Crippen LogP contribution in [0.25, 0.3) is 11.3 Å². The molecule has 0 radical (unpaired) electrons. The summed E-state index contributed by atoms with van der Waals surface area (Å²) >= 11 is 0. The smallest absolute Gasteiger partial charge is 0.230 e. The van der Waals surface area contributed by atoms with Crippen molar-refractivity contribution in [2.75, 3.05) is 18.6 Å². The number of methoxy groups -OCH3 is 1. The van der Waals surface area contributed by atoms with Gasteiger partial charge in [-0.2, -0.15) is 5.10 Å². The van der Waals surface area contributed by atoms with E-state index in [0.29, 0.717) is 17.7 Å². The highest BCUT2D eigenvalue weighted by molar-refractivity contribution is 5.95. The first-order chi connectivity index (χ1) is 18.0. The molecule has 1 amide bonds. The lowest BCUT2D eigenvalue weighted by molar-refractivity contribution is -0.123. The topological polar surface area (TPSA) is 47.4 Å². The predicted octanol–water partition coefficient (Wildman–Crippen LogP) is 7.30. The van der Waals surface area contributed by atoms with Crippen molar-refractivity contribution in [3.05, 3.63) is 60.0 Å². The quantitative estimate of drug-likeness (QED) is 0.400. The number of aryl methyl sites for hydroxylation is 1. The van der Waals surface area contributed by atoms with Crippen LogP contribution in [0.1, 0.15) is 71.1 Å². The van der Waals surface area contributed by atoms with Crippen molar-refractivity contribution in [3.63, 3.8) is 0 Å². The van der Waals surface area contributed by atoms with E-state index in [-0.39, 0.29) is 5.92 Å². The molecule has 1 atom stereocenters. The largest absolute Gasteiger partial charge is 0.497 e. The van der Waals surface area contributed by atoms with E-state index in [2.05, 4.69) is 53.3 Å². The van der Waals surface area contributed by atoms with E-state index >= 15 is 0 Å². The second kappa shape index (κ2) is 11.7. The third kappa shape index (κ3) is 6.02. The number of allylic oxidation sites excluding steroid dienone is 3. The Labute approximate surface area is 222 Å². The number of benzene rings is 1. The number of carbonyl (C=O) groups is 1. The molecule has 0 aliphatic heterocycles. The summed E-state index contributed by atoms with van der Waals surface area (Å²) in [7, 11) is 3.71. The zero-order valence-corrected chi connectivity index (χ0v) is 22.9. The Bertz CT molecular complexity index is 1130. The average molecular weight is 502 g/mol. The fraction of sp³-hybridized carbons (Fsp3) is 0.562. The van der Waals surface area contributed by atoms with E-state index in [1.807, 2.05) is 24.0 Å². The maximum Gasteiger partial charge on any atom is 0.230 e. The van der Waals surface area contributed by atoms with Crippen LogP contribution in [0.3, 0.4) is 0 Å². The van der Waals surface area contributed by atoms with Crippen LogP contribution in [0.4, 0.5) is 5.69 Å². The summed E-state index contributed by atoms with van der Waals surface area (Å²) in [4.78, 5) is 16.1. The average Bonchev–Trinajstić information content (AvgIpc) is 3.38. The number of carbonyl (C=O) groups excluding carboxylic acids is 1. The van der Waals surface area contributed by atoms with E-state index in [1.165, 1.54) is 50.5 Å². The lowest BCUT2D eigenvalue weighted by atomic mass is 9.72. The van der Waals surface area contributed by atoms with Gasteiger partial charge in [-0.15, -0.1) is 0 Å². The van der Waals surface area contributed by atoms with Gasteiger partial charge in [-0.1, -0.05) is 37.5 Å². The monoisotopic (exact) mass is 501 g/mol. The number of rotatable bonds is 7. The maximum atomic E-state index is 13.9. The Morgan fingerprint density at radius 1 is 1.08 bits per heavy atom. The zero-order chi connectivity index (χ0) is 25.8. The van der Waals surface area contributed by atoms with Crippen molar-refractivity contribution < 1.29 is 9.53 Å². The highest BCUT2D eigenvalue weighted by Crippen LogP contribution is 2.40. The van der Waals surface area contributed by atoms with Crippen LogP contribution in [0.2, 0.25) is 0 Å². The fourth-order valence-corrected chi connectivity index (χ4v) is 6.79. The van der Waals surface area contributed by atoms with Crippen molar-refractivity contribution in [1.82, 2.24) is 9.78 Å². The van der Waals surface area contributed by atoms with Gasteiger partial charge < -0.3 is 9.64 Å². The first-order valence-corrected chi connectivity index (χ1v) is 14.3. The molecule has 0 N–H and O–H groups in total. The van der Waals surface area contributed by atoms with Gasteiger partial charge in [-0.3, -0.25) is 9.48 Å². The molecule has 1 aromatic carbocycles. The molecule has 0 saturated heterocycles. The summed E-state index contributed by atoms with van der Waals surface area (Å²) in [5.74, 6) is 3.45. The number of hydrogen-bond acceptors (Lipinski definition) is 3. The lowest BCUT2D eigenvalue weighted by Crippen LogP contribution is -2.41. The fourth-order valence-electron chi connectivity index (χ4n) is 6.79. The predicted molar refractivity (Wildman–Crippen MR) is 150 cm³/mol. The van der Waals surface area contributed by atoms with Gasteiger partial charge in [0.25, 0.3) is 0 Å². The SMILES string of the molecule is COC1=C(C)CC(C2CCC(CN(C(=O)C3CCCCC3)c3cccc(-c4ccn(C)n4)c3)CC2)C=C1. The molecule has 2 aromatic rings. The Hall–Kier alpha value is -2.82. The van der Waals surface area contributed by atoms with Gasteiger partial charge in [0.05, 0.1) is 12.8 Å². The molecule has 1 aromatic heterocycles. The standard InChI is InChI=1S/C32H43N3O2/c1-23-20-27(16-17-31(23)37-3)25-14-12-24(13-15-25)22-35(32(36)26-8-5-4-6-9-26)29-11-7-10-28(21-29)30-18-19-34(2)33-30/h7,10-11,16-19,21,24-27H,4-6,8-9,12-15,20,22H2,1-3H3. The Kier molecular flexibility index (Phi) is 8.17. The van der Waals surface area contributed by atoms with Gasteiger partial charge in [0, 0.05) is 37.0 Å². The molecule has 3 aliphatic carbocycles. The molecule has 5 heteroatoms. The minimum absolute atomic E-state index is 0.167. The van der Waals surface area contributed by atoms with Crippen LogP contribution in [0, 0.1) is 23.7 Å². The number of nitrogens with zero attached hydrogens (tertiary/aromatic N) is 3. The van der Waals surface area contributed by atoms with Gasteiger partial charge in [0.15, 0.2) is 0 Å². The molecule has 2 fully saturated rings. The number of amides is 1. The molecule has 0 bridgehead atoms. The molecular formula is C32H43N3O2. The van der Waals surface area contributed by atoms with Crippen LogP contribution in [0.5, 0.6) is 0 Å². The Morgan fingerprint density at radius 2 is 1.86 bits per heavy atom. The van der Waals surface area contributed by atoms with E-state index in [1.54, 1.807) is 7.11 Å². The van der Waals surface area contributed by atoms with Crippen molar-refractivity contribution in [3.8, 4) is 11.3 Å². The Balaban J connectivity index is 1.29. The lowest BCUT2D eigenvalue weighted by Gasteiger charge is -2.37. The highest BCUT2D eigenvalue weighted by atomic mass is 16.5. The summed E-state index contributed by atoms with van der Waals surface area (Å²) < 4.78 is 7.34. The summed E-state index contributed by atoms with van der Waals surface area (Å²) in [6.45, 7) is 3.04. The van der Waals surface area contributed by atoms with Crippen LogP contribution >= 0.6 is 0 Å². The number of anilines is 1. The molecule has 198 valence electrons. The molecule has 3 aliphatic rings. The van der Waals surface area contributed by atoms with Crippen LogP contribution in [-0.4, -0.2) is 29.3 Å². The van der Waals surface area contributed by atoms with Crippen molar-refractivity contribution in [2.45, 2.75) is 71.1 Å². The summed E-state index contributed by atoms with van der Waals surface area (Å²) in [6.07, 6.45) is 18.2. The van der Waals surface area contributed by atoms with Crippen LogP contribution in [0.15, 0.2) is 60.0 Å². The van der Waals surface area contributed by atoms with E-state index in [9.17, 15) is 4.79 Å². The van der Waals surface area contributed by atoms with E-state index in [4.69, 9.17) is 4.74 Å². The second-order valence-electron chi connectivity index (χ2n) is 11.6. The summed E-state index contributed by atoms with van der Waals surface area (Å²) in [6, 6.07) is 10.5. The number of hydrogen-bond donors (Lipinski definition) is 0. The third-order valence-corrected chi connectivity index (χ3v) is 9.00. The third-order valence-electron chi connectivity index (χ3n) is 9.00. The Morgan fingerprint density at radius 3 is 2.54 bits per heavy atom. The van der Waals surface area contributed by atoms with E-state index in [0.717, 1.165) is 54.4 Å². The molecular weight excluding hydrogens is 458 g/mol. The number of aromatic nitrogens is 2. The first kappa shape index (κ1) is 25.8. The van der Waals surface area contributed by atoms with Crippen molar-refractivity contribution in [2.24, 2.45) is 30.7 Å². The van der Waals surface area contributed by atoms with Gasteiger partial charge in [0.2, 0.25) is 5.91 Å². The molecule has 1 unspecified atom stereocenters. The molecule has 1 heterocycles. The van der Waals surface area contributed by atoms with E-state index < -0.39 is 0 Å². The van der Waals surface area contributed by atoms with Gasteiger partial charge in [0.1, 0.15) is 5.76 Å². The first-order valence-electron chi connectivity index (χ1n) is 14.3. The van der Waals surface area contributed by atoms with Gasteiger partial charge in [-0.05, 0) is 99.5 Å². The molecule has 5 rings (SSSR count). The minimum atomic E-state index is 0.167. The second-order valence-corrected chi connectivity index (χ2v) is 11.6. The van der Waals surface area contributed by atoms with Crippen molar-refractivity contribution in [1.29, 1.82) is 0 Å². The van der Waals surface area contributed by atoms with Crippen LogP contribution < -0.4 is 4.90 Å². The maximum absolute atomic E-state index is 13.9. The summed E-state index contributed by atoms with van der Waals surface area (Å²) in [5.41, 5.74) is 4.43. The zero-order valence-electron chi connectivity index (χ0n) is 22.9. The summed E-state index contributed by atoms with van der Waals surface area (Å²) in [5, 5.41) is 4.60. The van der Waals surface area contributed by atoms with Gasteiger partial charge in [-0.25, -0.2) is 0 Å². The van der Waals surface area contributed by atoms with Gasteiger partial charge >= 0.3 is 0 Å².